The van der Waals surface area contributed by atoms with E-state index in [9.17, 15) is 0 Å². The van der Waals surface area contributed by atoms with Gasteiger partial charge in [-0.1, -0.05) is 170 Å². The fourth-order valence-electron chi connectivity index (χ4n) is 7.26. The van der Waals surface area contributed by atoms with Gasteiger partial charge in [0.15, 0.2) is 0 Å². The summed E-state index contributed by atoms with van der Waals surface area (Å²) in [5.74, 6) is 0. The monoisotopic (exact) mass is 556 g/mol. The van der Waals surface area contributed by atoms with Crippen molar-refractivity contribution in [1.29, 1.82) is 0 Å². The van der Waals surface area contributed by atoms with Crippen LogP contribution in [-0.2, 0) is 0 Å². The zero-order chi connectivity index (χ0) is 29.0. The van der Waals surface area contributed by atoms with Crippen LogP contribution in [0.25, 0.3) is 86.2 Å². The minimum atomic E-state index is 1.20. The van der Waals surface area contributed by atoms with Gasteiger partial charge in [0.1, 0.15) is 0 Å². The first kappa shape index (κ1) is 24.8. The third kappa shape index (κ3) is 3.78. The van der Waals surface area contributed by atoms with E-state index in [0.717, 1.165) is 0 Å². The molecule has 204 valence electrons. The van der Waals surface area contributed by atoms with Crippen molar-refractivity contribution in [3.05, 3.63) is 170 Å². The van der Waals surface area contributed by atoms with Crippen molar-refractivity contribution in [2.45, 2.75) is 0 Å². The molecule has 0 aliphatic carbocycles. The Bertz CT molecular complexity index is 2460. The van der Waals surface area contributed by atoms with Crippen LogP contribution in [0.3, 0.4) is 0 Å². The number of hydrogen-bond acceptors (Lipinski definition) is 0. The van der Waals surface area contributed by atoms with Gasteiger partial charge in [-0.2, -0.15) is 0 Å². The lowest BCUT2D eigenvalue weighted by molar-refractivity contribution is 1.77. The highest BCUT2D eigenvalue weighted by molar-refractivity contribution is 6.36. The Hall–Kier alpha value is -5.72. The summed E-state index contributed by atoms with van der Waals surface area (Å²) >= 11 is 0. The summed E-state index contributed by atoms with van der Waals surface area (Å²) < 4.78 is 0. The molecular formula is C44H28. The summed E-state index contributed by atoms with van der Waals surface area (Å²) in [7, 11) is 0. The van der Waals surface area contributed by atoms with Gasteiger partial charge < -0.3 is 0 Å². The molecule has 0 atom stereocenters. The lowest BCUT2D eigenvalue weighted by Gasteiger charge is -2.14. The van der Waals surface area contributed by atoms with Gasteiger partial charge in [-0.05, 0) is 86.2 Å². The smallest absolute Gasteiger partial charge is 0.00201 e. The van der Waals surface area contributed by atoms with Gasteiger partial charge in [-0.3, -0.25) is 0 Å². The molecule has 0 fully saturated rings. The quantitative estimate of drug-likeness (QED) is 0.163. The van der Waals surface area contributed by atoms with Crippen LogP contribution in [0.4, 0.5) is 0 Å². The SMILES string of the molecule is c1ccc2ccc3c4ccccc4ccc3c3c4ccccc4c(c4ccc5ccccc5c4ccc2c1)c1ccccc13. The minimum absolute atomic E-state index is 1.20. The van der Waals surface area contributed by atoms with Crippen LogP contribution >= 0.6 is 0 Å². The highest BCUT2D eigenvalue weighted by Gasteiger charge is 2.13. The lowest BCUT2D eigenvalue weighted by Crippen LogP contribution is -1.86. The minimum Gasteiger partial charge on any atom is -0.0616 e. The van der Waals surface area contributed by atoms with Crippen LogP contribution in [0.1, 0.15) is 0 Å². The maximum Gasteiger partial charge on any atom is -0.00201 e. The van der Waals surface area contributed by atoms with E-state index in [1.807, 2.05) is 0 Å². The Balaban J connectivity index is 1.70. The Morgan fingerprint density at radius 2 is 0.409 bits per heavy atom. The lowest BCUT2D eigenvalue weighted by atomic mass is 9.89. The first-order valence-electron chi connectivity index (χ1n) is 15.3. The molecule has 0 aliphatic heterocycles. The van der Waals surface area contributed by atoms with Gasteiger partial charge in [0, 0.05) is 0 Å². The molecule has 0 aromatic heterocycles. The summed E-state index contributed by atoms with van der Waals surface area (Å²) in [6, 6.07) is 62.6. The second kappa shape index (κ2) is 9.93. The largest absolute Gasteiger partial charge is 0.0616 e. The molecule has 10 rings (SSSR count). The first-order chi connectivity index (χ1) is 21.8. The normalized spacial score (nSPS) is 11.6. The molecule has 0 heteroatoms. The van der Waals surface area contributed by atoms with E-state index < -0.39 is 0 Å². The van der Waals surface area contributed by atoms with Crippen LogP contribution in [0.5, 0.6) is 0 Å². The van der Waals surface area contributed by atoms with Gasteiger partial charge in [-0.25, -0.2) is 0 Å². The van der Waals surface area contributed by atoms with Crippen LogP contribution < -0.4 is 0 Å². The molecule has 0 aliphatic rings. The summed E-state index contributed by atoms with van der Waals surface area (Å²) in [5.41, 5.74) is 0. The molecule has 0 saturated heterocycles. The predicted molar refractivity (Wildman–Crippen MR) is 193 cm³/mol. The Morgan fingerprint density at radius 3 is 0.795 bits per heavy atom. The maximum atomic E-state index is 2.33. The molecule has 44 heavy (non-hydrogen) atoms. The summed E-state index contributed by atoms with van der Waals surface area (Å²) in [4.78, 5) is 0. The standard InChI is InChI=1S/C44H28/c1-2-12-30-22-26-36-34-16-6-4-14-32(34)24-28-42(36)44-39-19-9-7-17-37(39)43(38-18-8-10-20-40(38)44)41-27-23-31-13-3-5-15-33(31)35(41)25-21-29(30)11-1/h1-28H. The van der Waals surface area contributed by atoms with E-state index >= 15 is 0 Å². The van der Waals surface area contributed by atoms with E-state index in [4.69, 9.17) is 0 Å². The zero-order valence-electron chi connectivity index (χ0n) is 24.2. The van der Waals surface area contributed by atoms with Crippen molar-refractivity contribution in [2.75, 3.05) is 0 Å². The van der Waals surface area contributed by atoms with Crippen molar-refractivity contribution >= 4 is 86.2 Å². The maximum absolute atomic E-state index is 2.33. The van der Waals surface area contributed by atoms with E-state index in [0.29, 0.717) is 0 Å². The summed E-state index contributed by atoms with van der Waals surface area (Å²) in [6.45, 7) is 0. The second-order valence-electron chi connectivity index (χ2n) is 11.6. The molecule has 0 spiro atoms. The highest BCUT2D eigenvalue weighted by atomic mass is 14.2. The fourth-order valence-corrected chi connectivity index (χ4v) is 7.26. The zero-order valence-corrected chi connectivity index (χ0v) is 24.2. The van der Waals surface area contributed by atoms with Crippen molar-refractivity contribution in [1.82, 2.24) is 0 Å². The molecular weight excluding hydrogens is 528 g/mol. The van der Waals surface area contributed by atoms with Gasteiger partial charge in [-0.15, -0.1) is 0 Å². The number of benzene rings is 8. The molecule has 10 aromatic carbocycles. The van der Waals surface area contributed by atoms with Gasteiger partial charge >= 0.3 is 0 Å². The van der Waals surface area contributed by atoms with Gasteiger partial charge in [0.05, 0.1) is 0 Å². The van der Waals surface area contributed by atoms with E-state index in [2.05, 4.69) is 170 Å². The molecule has 0 heterocycles. The van der Waals surface area contributed by atoms with Crippen molar-refractivity contribution < 1.29 is 0 Å². The average molecular weight is 557 g/mol. The third-order valence-electron chi connectivity index (χ3n) is 9.27. The second-order valence-corrected chi connectivity index (χ2v) is 11.6. The Labute approximate surface area is 255 Å². The Morgan fingerprint density at radius 1 is 0.159 bits per heavy atom. The van der Waals surface area contributed by atoms with E-state index in [1.54, 1.807) is 0 Å². The molecule has 2 bridgehead atoms. The molecule has 0 radical (unpaired) electrons. The highest BCUT2D eigenvalue weighted by Crippen LogP contribution is 2.41. The third-order valence-corrected chi connectivity index (χ3v) is 9.27. The fraction of sp³-hybridized carbons (Fsp3) is 0. The van der Waals surface area contributed by atoms with Gasteiger partial charge in [0.2, 0.25) is 0 Å². The molecule has 0 N–H and O–H groups in total. The molecule has 10 aromatic rings. The topological polar surface area (TPSA) is 0 Å². The number of rotatable bonds is 0. The van der Waals surface area contributed by atoms with Crippen LogP contribution in [-0.4, -0.2) is 0 Å². The summed E-state index contributed by atoms with van der Waals surface area (Å²) in [6.07, 6.45) is 0. The van der Waals surface area contributed by atoms with Gasteiger partial charge in [0.25, 0.3) is 0 Å². The Kier molecular flexibility index (Phi) is 5.61. The van der Waals surface area contributed by atoms with Crippen molar-refractivity contribution in [2.24, 2.45) is 0 Å². The molecule has 0 amide bonds. The number of hydrogen-bond donors (Lipinski definition) is 0. The van der Waals surface area contributed by atoms with E-state index in [-0.39, 0.29) is 0 Å². The molecule has 0 unspecified atom stereocenters. The molecule has 0 saturated carbocycles. The predicted octanol–water partition coefficient (Wildman–Crippen LogP) is 12.6. The summed E-state index contributed by atoms with van der Waals surface area (Å²) in [5, 5.41) is 20.1. The number of fused-ring (bicyclic) bond motifs is 4. The van der Waals surface area contributed by atoms with Crippen molar-refractivity contribution in [3.63, 3.8) is 0 Å². The van der Waals surface area contributed by atoms with Crippen LogP contribution in [0, 0.1) is 0 Å². The molecule has 0 nitrogen and oxygen atoms in total. The first-order valence-corrected chi connectivity index (χ1v) is 15.3. The van der Waals surface area contributed by atoms with Crippen molar-refractivity contribution in [3.8, 4) is 0 Å². The van der Waals surface area contributed by atoms with Crippen LogP contribution in [0.2, 0.25) is 0 Å². The van der Waals surface area contributed by atoms with Crippen LogP contribution in [0.15, 0.2) is 170 Å². The average Bonchev–Trinajstić information content (AvgIpc) is 3.08. The van der Waals surface area contributed by atoms with E-state index in [1.165, 1.54) is 86.2 Å².